The van der Waals surface area contributed by atoms with E-state index in [-0.39, 0.29) is 12.6 Å². The molecule has 1 N–H and O–H groups in total. The summed E-state index contributed by atoms with van der Waals surface area (Å²) in [5, 5.41) is 8.75. The van der Waals surface area contributed by atoms with Crippen molar-refractivity contribution in [3.63, 3.8) is 0 Å². The summed E-state index contributed by atoms with van der Waals surface area (Å²) in [4.78, 5) is 11.1. The van der Waals surface area contributed by atoms with Gasteiger partial charge in [-0.05, 0) is 43.9 Å². The third-order valence-corrected chi connectivity index (χ3v) is 2.65. The molecule has 0 aliphatic heterocycles. The lowest BCUT2D eigenvalue weighted by molar-refractivity contribution is -0.143. The van der Waals surface area contributed by atoms with E-state index in [9.17, 15) is 4.79 Å². The molecule has 1 rings (SSSR count). The number of carbonyl (C=O) groups excluding carboxylic acids is 1. The molecular formula is C15H22O4. The van der Waals surface area contributed by atoms with Crippen LogP contribution < -0.4 is 4.74 Å². The first kappa shape index (κ1) is 15.5. The molecule has 4 nitrogen and oxygen atoms in total. The molecule has 0 spiro atoms. The number of esters is 1. The number of hydrogen-bond acceptors (Lipinski definition) is 4. The minimum Gasteiger partial charge on any atom is -0.494 e. The standard InChI is InChI=1S/C15H22O4/c1-2-18-15(17)6-4-12-19-14-9-7-13(8-10-14)5-3-11-16/h7-10,16H,2-6,11-12H2,1H3. The van der Waals surface area contributed by atoms with Gasteiger partial charge in [-0.3, -0.25) is 4.79 Å². The Morgan fingerprint density at radius 2 is 1.95 bits per heavy atom. The molecule has 1 aromatic rings. The van der Waals surface area contributed by atoms with Gasteiger partial charge in [-0.1, -0.05) is 12.1 Å². The van der Waals surface area contributed by atoms with Gasteiger partial charge >= 0.3 is 5.97 Å². The maximum absolute atomic E-state index is 11.1. The van der Waals surface area contributed by atoms with Crippen LogP contribution in [0.5, 0.6) is 5.75 Å². The summed E-state index contributed by atoms with van der Waals surface area (Å²) in [7, 11) is 0. The van der Waals surface area contributed by atoms with Crippen molar-refractivity contribution in [1.29, 1.82) is 0 Å². The van der Waals surface area contributed by atoms with Gasteiger partial charge in [-0.25, -0.2) is 0 Å². The Morgan fingerprint density at radius 1 is 1.21 bits per heavy atom. The third-order valence-electron chi connectivity index (χ3n) is 2.65. The van der Waals surface area contributed by atoms with Crippen LogP contribution in [0.25, 0.3) is 0 Å². The fourth-order valence-corrected chi connectivity index (χ4v) is 1.68. The quantitative estimate of drug-likeness (QED) is 0.550. The molecule has 0 saturated carbocycles. The first-order chi connectivity index (χ1) is 9.26. The molecule has 0 bridgehead atoms. The molecule has 0 heterocycles. The molecule has 0 radical (unpaired) electrons. The lowest BCUT2D eigenvalue weighted by Gasteiger charge is -2.07. The molecule has 1 aromatic carbocycles. The van der Waals surface area contributed by atoms with E-state index in [0.717, 1.165) is 18.6 Å². The molecule has 0 atom stereocenters. The third kappa shape index (κ3) is 6.82. The van der Waals surface area contributed by atoms with Gasteiger partial charge in [0.05, 0.1) is 13.2 Å². The Kier molecular flexibility index (Phi) is 7.66. The summed E-state index contributed by atoms with van der Waals surface area (Å²) in [6.07, 6.45) is 2.70. The average molecular weight is 266 g/mol. The fraction of sp³-hybridized carbons (Fsp3) is 0.533. The highest BCUT2D eigenvalue weighted by Gasteiger charge is 2.01. The van der Waals surface area contributed by atoms with Crippen molar-refractivity contribution in [2.45, 2.75) is 32.6 Å². The van der Waals surface area contributed by atoms with Gasteiger partial charge in [0.25, 0.3) is 0 Å². The lowest BCUT2D eigenvalue weighted by Crippen LogP contribution is -2.06. The van der Waals surface area contributed by atoms with Crippen molar-refractivity contribution < 1.29 is 19.4 Å². The van der Waals surface area contributed by atoms with E-state index >= 15 is 0 Å². The fourth-order valence-electron chi connectivity index (χ4n) is 1.68. The van der Waals surface area contributed by atoms with E-state index in [4.69, 9.17) is 14.6 Å². The number of benzene rings is 1. The van der Waals surface area contributed by atoms with Crippen LogP contribution in [0.1, 0.15) is 31.7 Å². The maximum Gasteiger partial charge on any atom is 0.305 e. The van der Waals surface area contributed by atoms with Crippen LogP contribution in [0.2, 0.25) is 0 Å². The first-order valence-corrected chi connectivity index (χ1v) is 6.74. The second kappa shape index (κ2) is 9.39. The van der Waals surface area contributed by atoms with E-state index < -0.39 is 0 Å². The first-order valence-electron chi connectivity index (χ1n) is 6.74. The normalized spacial score (nSPS) is 10.2. The van der Waals surface area contributed by atoms with E-state index in [1.807, 2.05) is 24.3 Å². The van der Waals surface area contributed by atoms with Crippen LogP contribution >= 0.6 is 0 Å². The number of aliphatic hydroxyl groups is 1. The van der Waals surface area contributed by atoms with Crippen LogP contribution in [-0.4, -0.2) is 30.9 Å². The van der Waals surface area contributed by atoms with Crippen molar-refractivity contribution in [1.82, 2.24) is 0 Å². The molecule has 0 aliphatic rings. The smallest absolute Gasteiger partial charge is 0.305 e. The summed E-state index contributed by atoms with van der Waals surface area (Å²) >= 11 is 0. The Labute approximate surface area is 114 Å². The molecule has 4 heteroatoms. The Morgan fingerprint density at radius 3 is 2.58 bits per heavy atom. The minimum atomic E-state index is -0.176. The number of ether oxygens (including phenoxy) is 2. The highest BCUT2D eigenvalue weighted by atomic mass is 16.5. The molecule has 106 valence electrons. The van der Waals surface area contributed by atoms with Gasteiger partial charge in [-0.15, -0.1) is 0 Å². The molecule has 19 heavy (non-hydrogen) atoms. The minimum absolute atomic E-state index is 0.176. The summed E-state index contributed by atoms with van der Waals surface area (Å²) in [6.45, 7) is 2.95. The lowest BCUT2D eigenvalue weighted by atomic mass is 10.1. The number of aliphatic hydroxyl groups excluding tert-OH is 1. The zero-order valence-electron chi connectivity index (χ0n) is 11.4. The SMILES string of the molecule is CCOC(=O)CCCOc1ccc(CCCO)cc1. The summed E-state index contributed by atoms with van der Waals surface area (Å²) in [5.41, 5.74) is 1.19. The van der Waals surface area contributed by atoms with Crippen LogP contribution in [0.3, 0.4) is 0 Å². The van der Waals surface area contributed by atoms with E-state index in [2.05, 4.69) is 0 Å². The predicted molar refractivity (Wildman–Crippen MR) is 73.2 cm³/mol. The van der Waals surface area contributed by atoms with Crippen molar-refractivity contribution in [2.24, 2.45) is 0 Å². The zero-order valence-corrected chi connectivity index (χ0v) is 11.4. The maximum atomic E-state index is 11.1. The average Bonchev–Trinajstić information content (AvgIpc) is 2.43. The molecule has 0 saturated heterocycles. The molecule has 0 amide bonds. The number of carbonyl (C=O) groups is 1. The predicted octanol–water partition coefficient (Wildman–Crippen LogP) is 2.33. The van der Waals surface area contributed by atoms with Gasteiger partial charge in [0, 0.05) is 13.0 Å². The second-order valence-electron chi connectivity index (χ2n) is 4.23. The van der Waals surface area contributed by atoms with Crippen LogP contribution in [0, 0.1) is 0 Å². The number of rotatable bonds is 9. The van der Waals surface area contributed by atoms with Gasteiger partial charge in [0.2, 0.25) is 0 Å². The van der Waals surface area contributed by atoms with E-state index in [0.29, 0.717) is 26.1 Å². The van der Waals surface area contributed by atoms with Crippen molar-refractivity contribution in [3.8, 4) is 5.75 Å². The monoisotopic (exact) mass is 266 g/mol. The summed E-state index contributed by atoms with van der Waals surface area (Å²) < 4.78 is 10.4. The molecule has 0 fully saturated rings. The number of hydrogen-bond donors (Lipinski definition) is 1. The molecule has 0 aliphatic carbocycles. The van der Waals surface area contributed by atoms with Crippen LogP contribution in [-0.2, 0) is 16.0 Å². The van der Waals surface area contributed by atoms with E-state index in [1.165, 1.54) is 5.56 Å². The Bertz CT molecular complexity index is 359. The van der Waals surface area contributed by atoms with Crippen LogP contribution in [0.15, 0.2) is 24.3 Å². The highest BCUT2D eigenvalue weighted by molar-refractivity contribution is 5.69. The summed E-state index contributed by atoms with van der Waals surface area (Å²) in [6, 6.07) is 7.82. The van der Waals surface area contributed by atoms with Gasteiger partial charge in [-0.2, -0.15) is 0 Å². The molecule has 0 unspecified atom stereocenters. The van der Waals surface area contributed by atoms with Gasteiger partial charge < -0.3 is 14.6 Å². The Hall–Kier alpha value is -1.55. The van der Waals surface area contributed by atoms with Crippen molar-refractivity contribution >= 4 is 5.97 Å². The topological polar surface area (TPSA) is 55.8 Å². The summed E-state index contributed by atoms with van der Waals surface area (Å²) in [5.74, 6) is 0.627. The van der Waals surface area contributed by atoms with Crippen LogP contribution in [0.4, 0.5) is 0 Å². The van der Waals surface area contributed by atoms with Gasteiger partial charge in [0.1, 0.15) is 5.75 Å². The zero-order chi connectivity index (χ0) is 13.9. The largest absolute Gasteiger partial charge is 0.494 e. The molecular weight excluding hydrogens is 244 g/mol. The van der Waals surface area contributed by atoms with Crippen molar-refractivity contribution in [3.05, 3.63) is 29.8 Å². The van der Waals surface area contributed by atoms with E-state index in [1.54, 1.807) is 6.92 Å². The number of aryl methyl sites for hydroxylation is 1. The highest BCUT2D eigenvalue weighted by Crippen LogP contribution is 2.13. The second-order valence-corrected chi connectivity index (χ2v) is 4.23. The Balaban J connectivity index is 2.20. The van der Waals surface area contributed by atoms with Crippen molar-refractivity contribution in [2.75, 3.05) is 19.8 Å². The molecule has 0 aromatic heterocycles. The van der Waals surface area contributed by atoms with Gasteiger partial charge in [0.15, 0.2) is 0 Å².